The Kier molecular flexibility index (Phi) is 5.41. The quantitative estimate of drug-likeness (QED) is 0.597. The summed E-state index contributed by atoms with van der Waals surface area (Å²) in [5.74, 6) is -1.69. The maximum absolute atomic E-state index is 13.4. The average molecular weight is 389 g/mol. The number of hydrogen-bond donors (Lipinski definition) is 3. The van der Waals surface area contributed by atoms with Crippen molar-refractivity contribution >= 4 is 29.2 Å². The van der Waals surface area contributed by atoms with Crippen LogP contribution in [0.5, 0.6) is 0 Å². The van der Waals surface area contributed by atoms with Crippen molar-refractivity contribution in [3.63, 3.8) is 0 Å². The van der Waals surface area contributed by atoms with Gasteiger partial charge in [-0.2, -0.15) is 15.3 Å². The number of aromatic amines is 1. The summed E-state index contributed by atoms with van der Waals surface area (Å²) >= 11 is 5.63. The molecule has 2 amide bonds. The SMILES string of the molecule is NC(=O)c1c(NC(=O)CCc2ccc(Cl)c(F)c2)n[nH]c1-c1ccnnc1. The number of nitrogens with zero attached hydrogens (tertiary/aromatic N) is 3. The number of nitrogens with one attached hydrogen (secondary N) is 2. The molecule has 0 saturated carbocycles. The van der Waals surface area contributed by atoms with Gasteiger partial charge in [-0.1, -0.05) is 17.7 Å². The highest BCUT2D eigenvalue weighted by molar-refractivity contribution is 6.30. The van der Waals surface area contributed by atoms with Gasteiger partial charge in [-0.25, -0.2) is 4.39 Å². The predicted octanol–water partition coefficient (Wildman–Crippen LogP) is 2.33. The third-order valence-electron chi connectivity index (χ3n) is 3.77. The summed E-state index contributed by atoms with van der Waals surface area (Å²) in [6.07, 6.45) is 3.22. The lowest BCUT2D eigenvalue weighted by atomic mass is 10.1. The number of amides is 2. The molecule has 8 nitrogen and oxygen atoms in total. The maximum Gasteiger partial charge on any atom is 0.254 e. The van der Waals surface area contributed by atoms with E-state index >= 15 is 0 Å². The van der Waals surface area contributed by atoms with Crippen molar-refractivity contribution < 1.29 is 14.0 Å². The van der Waals surface area contributed by atoms with Gasteiger partial charge in [0.05, 0.1) is 23.1 Å². The minimum Gasteiger partial charge on any atom is -0.365 e. The van der Waals surface area contributed by atoms with Crippen LogP contribution in [0.4, 0.5) is 10.2 Å². The van der Waals surface area contributed by atoms with E-state index in [1.165, 1.54) is 24.5 Å². The van der Waals surface area contributed by atoms with Crippen LogP contribution in [0.15, 0.2) is 36.7 Å². The van der Waals surface area contributed by atoms with Gasteiger partial charge >= 0.3 is 0 Å². The third kappa shape index (κ3) is 4.26. The number of anilines is 1. The van der Waals surface area contributed by atoms with Crippen LogP contribution in [0.2, 0.25) is 5.02 Å². The highest BCUT2D eigenvalue weighted by Gasteiger charge is 2.21. The van der Waals surface area contributed by atoms with E-state index in [1.807, 2.05) is 0 Å². The third-order valence-corrected chi connectivity index (χ3v) is 4.07. The molecule has 0 aliphatic heterocycles. The van der Waals surface area contributed by atoms with Gasteiger partial charge in [-0.05, 0) is 30.2 Å². The fraction of sp³-hybridized carbons (Fsp3) is 0.118. The van der Waals surface area contributed by atoms with Crippen molar-refractivity contribution in [1.82, 2.24) is 20.4 Å². The normalized spacial score (nSPS) is 10.6. The first-order valence-corrected chi connectivity index (χ1v) is 8.22. The summed E-state index contributed by atoms with van der Waals surface area (Å²) in [4.78, 5) is 24.0. The number of nitrogens with two attached hydrogens (primary N) is 1. The monoisotopic (exact) mass is 388 g/mol. The van der Waals surface area contributed by atoms with Crippen LogP contribution in [-0.2, 0) is 11.2 Å². The molecule has 3 aromatic rings. The van der Waals surface area contributed by atoms with E-state index < -0.39 is 17.6 Å². The molecule has 0 saturated heterocycles. The lowest BCUT2D eigenvalue weighted by molar-refractivity contribution is -0.116. The fourth-order valence-electron chi connectivity index (χ4n) is 2.47. The zero-order valence-corrected chi connectivity index (χ0v) is 14.6. The van der Waals surface area contributed by atoms with E-state index in [0.29, 0.717) is 16.8 Å². The van der Waals surface area contributed by atoms with E-state index in [-0.39, 0.29) is 29.2 Å². The molecule has 27 heavy (non-hydrogen) atoms. The molecule has 0 atom stereocenters. The maximum atomic E-state index is 13.4. The van der Waals surface area contributed by atoms with Gasteiger partial charge in [-0.15, -0.1) is 0 Å². The number of H-pyrrole nitrogens is 1. The average Bonchev–Trinajstić information content (AvgIpc) is 3.07. The number of aromatic nitrogens is 4. The Bertz CT molecular complexity index is 992. The van der Waals surface area contributed by atoms with Crippen molar-refractivity contribution in [2.75, 3.05) is 5.32 Å². The molecule has 1 aromatic carbocycles. The summed E-state index contributed by atoms with van der Waals surface area (Å²) in [6, 6.07) is 5.95. The first-order valence-electron chi connectivity index (χ1n) is 7.84. The van der Waals surface area contributed by atoms with Gasteiger partial charge in [0.2, 0.25) is 5.91 Å². The van der Waals surface area contributed by atoms with Crippen LogP contribution in [-0.4, -0.2) is 32.2 Å². The van der Waals surface area contributed by atoms with Crippen LogP contribution >= 0.6 is 11.6 Å². The molecule has 2 heterocycles. The molecule has 0 spiro atoms. The first-order chi connectivity index (χ1) is 13.0. The Hall–Kier alpha value is -3.33. The summed E-state index contributed by atoms with van der Waals surface area (Å²) in [6.45, 7) is 0. The van der Waals surface area contributed by atoms with Crippen molar-refractivity contribution in [2.24, 2.45) is 5.73 Å². The Labute approximate surface area is 157 Å². The zero-order valence-electron chi connectivity index (χ0n) is 13.9. The van der Waals surface area contributed by atoms with Gasteiger partial charge < -0.3 is 11.1 Å². The van der Waals surface area contributed by atoms with E-state index in [1.54, 1.807) is 12.1 Å². The molecule has 10 heteroatoms. The molecule has 2 aromatic heterocycles. The van der Waals surface area contributed by atoms with Gasteiger partial charge in [0.25, 0.3) is 5.91 Å². The van der Waals surface area contributed by atoms with Crippen LogP contribution in [0.1, 0.15) is 22.3 Å². The predicted molar refractivity (Wildman–Crippen MR) is 96.5 cm³/mol. The standard InChI is InChI=1S/C17H14ClFN6O2/c18-11-3-1-9(7-12(11)19)2-4-13(26)23-17-14(16(20)27)15(24-25-17)10-5-6-21-22-8-10/h1,3,5-8H,2,4H2,(H2,20,27)(H2,23,24,25,26). The molecule has 0 aliphatic rings. The molecule has 0 aliphatic carbocycles. The van der Waals surface area contributed by atoms with E-state index in [0.717, 1.165) is 0 Å². The molecule has 0 unspecified atom stereocenters. The van der Waals surface area contributed by atoms with Crippen molar-refractivity contribution in [3.05, 3.63) is 58.6 Å². The molecule has 3 rings (SSSR count). The second kappa shape index (κ2) is 7.92. The largest absolute Gasteiger partial charge is 0.365 e. The lowest BCUT2D eigenvalue weighted by Crippen LogP contribution is -2.18. The summed E-state index contributed by atoms with van der Waals surface area (Å²) < 4.78 is 13.4. The van der Waals surface area contributed by atoms with Crippen molar-refractivity contribution in [3.8, 4) is 11.3 Å². The Morgan fingerprint density at radius 1 is 1.26 bits per heavy atom. The molecular formula is C17H14ClFN6O2. The van der Waals surface area contributed by atoms with Crippen molar-refractivity contribution in [1.29, 1.82) is 0 Å². The molecular weight excluding hydrogens is 375 g/mol. The number of rotatable bonds is 6. The second-order valence-electron chi connectivity index (χ2n) is 5.61. The first kappa shape index (κ1) is 18.5. The minimum absolute atomic E-state index is 0.0154. The highest BCUT2D eigenvalue weighted by atomic mass is 35.5. The Balaban J connectivity index is 1.73. The van der Waals surface area contributed by atoms with Gasteiger partial charge in [0.15, 0.2) is 5.82 Å². The van der Waals surface area contributed by atoms with Crippen molar-refractivity contribution in [2.45, 2.75) is 12.8 Å². The van der Waals surface area contributed by atoms with E-state index in [4.69, 9.17) is 17.3 Å². The van der Waals surface area contributed by atoms with E-state index in [9.17, 15) is 14.0 Å². The number of carbonyl (C=O) groups excluding carboxylic acids is 2. The van der Waals surface area contributed by atoms with Crippen LogP contribution in [0.25, 0.3) is 11.3 Å². The summed E-state index contributed by atoms with van der Waals surface area (Å²) in [5.41, 5.74) is 6.95. The number of benzene rings is 1. The van der Waals surface area contributed by atoms with E-state index in [2.05, 4.69) is 25.7 Å². The van der Waals surface area contributed by atoms with Gasteiger partial charge in [0, 0.05) is 12.0 Å². The number of hydrogen-bond acceptors (Lipinski definition) is 5. The van der Waals surface area contributed by atoms with Crippen LogP contribution in [0, 0.1) is 5.82 Å². The molecule has 0 fully saturated rings. The molecule has 138 valence electrons. The smallest absolute Gasteiger partial charge is 0.254 e. The van der Waals surface area contributed by atoms with Crippen LogP contribution < -0.4 is 11.1 Å². The number of halogens is 2. The Morgan fingerprint density at radius 2 is 2.07 bits per heavy atom. The van der Waals surface area contributed by atoms with Gasteiger partial charge in [0.1, 0.15) is 11.4 Å². The van der Waals surface area contributed by atoms with Crippen LogP contribution in [0.3, 0.4) is 0 Å². The number of aryl methyl sites for hydroxylation is 1. The number of carbonyl (C=O) groups is 2. The van der Waals surface area contributed by atoms with Gasteiger partial charge in [-0.3, -0.25) is 14.7 Å². The zero-order chi connectivity index (χ0) is 19.4. The minimum atomic E-state index is -0.759. The fourth-order valence-corrected chi connectivity index (χ4v) is 2.58. The highest BCUT2D eigenvalue weighted by Crippen LogP contribution is 2.25. The molecule has 0 radical (unpaired) electrons. The second-order valence-corrected chi connectivity index (χ2v) is 6.02. The molecule has 0 bridgehead atoms. The summed E-state index contributed by atoms with van der Waals surface area (Å²) in [7, 11) is 0. The summed E-state index contributed by atoms with van der Waals surface area (Å²) in [5, 5.41) is 16.6. The molecule has 4 N–H and O–H groups in total. The number of primary amides is 1. The lowest BCUT2D eigenvalue weighted by Gasteiger charge is -2.05. The topological polar surface area (TPSA) is 127 Å². The Morgan fingerprint density at radius 3 is 2.74 bits per heavy atom.